The third kappa shape index (κ3) is 4.25. The summed E-state index contributed by atoms with van der Waals surface area (Å²) in [7, 11) is 2.07. The molecule has 1 N–H and O–H groups in total. The SMILES string of the molecule is Cc1ncc2c(n1)N(C)CCC2Nc1cccc(OCc2noc(-c3ccccc3)n2)c1. The van der Waals surface area contributed by atoms with Crippen LogP contribution in [0, 0.1) is 6.92 Å². The largest absolute Gasteiger partial charge is 0.485 e. The molecule has 0 spiro atoms. The number of nitrogens with zero attached hydrogens (tertiary/aromatic N) is 5. The van der Waals surface area contributed by atoms with Crippen LogP contribution in [0.1, 0.15) is 29.7 Å². The average Bonchev–Trinajstić information content (AvgIpc) is 3.30. The molecular formula is C24H24N6O2. The lowest BCUT2D eigenvalue weighted by Gasteiger charge is -2.32. The number of ether oxygens (including phenoxy) is 1. The molecule has 3 heterocycles. The van der Waals surface area contributed by atoms with Crippen molar-refractivity contribution in [2.24, 2.45) is 0 Å². The maximum atomic E-state index is 5.92. The van der Waals surface area contributed by atoms with Gasteiger partial charge in [-0.15, -0.1) is 0 Å². The molecule has 0 amide bonds. The van der Waals surface area contributed by atoms with Crippen LogP contribution in [0.2, 0.25) is 0 Å². The normalized spacial score (nSPS) is 15.3. The van der Waals surface area contributed by atoms with E-state index in [0.717, 1.165) is 47.2 Å². The van der Waals surface area contributed by atoms with Gasteiger partial charge in [0.2, 0.25) is 5.82 Å². The van der Waals surface area contributed by atoms with Gasteiger partial charge in [0.25, 0.3) is 5.89 Å². The monoisotopic (exact) mass is 428 g/mol. The van der Waals surface area contributed by atoms with E-state index < -0.39 is 0 Å². The molecule has 8 nitrogen and oxygen atoms in total. The molecule has 1 aliphatic heterocycles. The molecule has 2 aromatic heterocycles. The Bertz CT molecular complexity index is 1210. The topological polar surface area (TPSA) is 89.2 Å². The van der Waals surface area contributed by atoms with Crippen molar-refractivity contribution in [2.45, 2.75) is 26.0 Å². The molecule has 32 heavy (non-hydrogen) atoms. The molecule has 1 unspecified atom stereocenters. The van der Waals surface area contributed by atoms with Gasteiger partial charge in [-0.1, -0.05) is 29.4 Å². The van der Waals surface area contributed by atoms with Gasteiger partial charge in [-0.3, -0.25) is 0 Å². The van der Waals surface area contributed by atoms with E-state index in [4.69, 9.17) is 9.26 Å². The minimum absolute atomic E-state index is 0.141. The highest BCUT2D eigenvalue weighted by atomic mass is 16.5. The zero-order valence-electron chi connectivity index (χ0n) is 18.0. The zero-order chi connectivity index (χ0) is 21.9. The molecule has 1 atom stereocenters. The van der Waals surface area contributed by atoms with E-state index in [1.54, 1.807) is 0 Å². The second-order valence-corrected chi connectivity index (χ2v) is 7.80. The summed E-state index contributed by atoms with van der Waals surface area (Å²) in [6, 6.07) is 17.7. The molecule has 0 saturated heterocycles. The fourth-order valence-corrected chi connectivity index (χ4v) is 3.79. The Balaban J connectivity index is 1.26. The second-order valence-electron chi connectivity index (χ2n) is 7.80. The van der Waals surface area contributed by atoms with E-state index >= 15 is 0 Å². The van der Waals surface area contributed by atoms with Crippen LogP contribution in [0.5, 0.6) is 5.75 Å². The molecule has 1 aliphatic rings. The molecule has 8 heteroatoms. The Hall–Kier alpha value is -3.94. The van der Waals surface area contributed by atoms with Crippen LogP contribution < -0.4 is 15.0 Å². The Kier molecular flexibility index (Phi) is 5.41. The molecule has 0 bridgehead atoms. The molecule has 0 radical (unpaired) electrons. The summed E-state index contributed by atoms with van der Waals surface area (Å²) in [6.07, 6.45) is 2.89. The lowest BCUT2D eigenvalue weighted by atomic mass is 10.0. The van der Waals surface area contributed by atoms with Gasteiger partial charge in [0.1, 0.15) is 17.4 Å². The van der Waals surface area contributed by atoms with Crippen LogP contribution >= 0.6 is 0 Å². The van der Waals surface area contributed by atoms with Gasteiger partial charge in [0.15, 0.2) is 6.61 Å². The summed E-state index contributed by atoms with van der Waals surface area (Å²) in [6.45, 7) is 3.07. The number of benzene rings is 2. The Morgan fingerprint density at radius 1 is 1.12 bits per heavy atom. The molecule has 4 aromatic rings. The minimum atomic E-state index is 0.141. The highest BCUT2D eigenvalue weighted by Crippen LogP contribution is 2.34. The van der Waals surface area contributed by atoms with Crippen LogP contribution in [0.15, 0.2) is 65.3 Å². The van der Waals surface area contributed by atoms with Crippen molar-refractivity contribution < 1.29 is 9.26 Å². The first-order chi connectivity index (χ1) is 15.7. The lowest BCUT2D eigenvalue weighted by Crippen LogP contribution is -2.31. The molecule has 0 fully saturated rings. The Morgan fingerprint density at radius 2 is 2.00 bits per heavy atom. The van der Waals surface area contributed by atoms with Crippen molar-refractivity contribution in [1.29, 1.82) is 0 Å². The highest BCUT2D eigenvalue weighted by molar-refractivity contribution is 5.56. The van der Waals surface area contributed by atoms with E-state index in [0.29, 0.717) is 11.7 Å². The number of fused-ring (bicyclic) bond motifs is 1. The molecule has 162 valence electrons. The van der Waals surface area contributed by atoms with E-state index in [9.17, 15) is 0 Å². The third-order valence-electron chi connectivity index (χ3n) is 5.44. The Labute approximate surface area is 186 Å². The van der Waals surface area contributed by atoms with Gasteiger partial charge in [-0.2, -0.15) is 4.98 Å². The highest BCUT2D eigenvalue weighted by Gasteiger charge is 2.25. The number of hydrogen-bond acceptors (Lipinski definition) is 8. The third-order valence-corrected chi connectivity index (χ3v) is 5.44. The zero-order valence-corrected chi connectivity index (χ0v) is 18.0. The molecule has 0 saturated carbocycles. The van der Waals surface area contributed by atoms with Gasteiger partial charge < -0.3 is 19.5 Å². The predicted molar refractivity (Wildman–Crippen MR) is 122 cm³/mol. The Morgan fingerprint density at radius 3 is 2.88 bits per heavy atom. The van der Waals surface area contributed by atoms with E-state index in [-0.39, 0.29) is 12.6 Å². The quantitative estimate of drug-likeness (QED) is 0.483. The van der Waals surface area contributed by atoms with Crippen molar-refractivity contribution in [3.8, 4) is 17.2 Å². The first-order valence-electron chi connectivity index (χ1n) is 10.6. The number of hydrogen-bond donors (Lipinski definition) is 1. The molecule has 0 aliphatic carbocycles. The summed E-state index contributed by atoms with van der Waals surface area (Å²) in [5.74, 6) is 3.48. The van der Waals surface area contributed by atoms with Gasteiger partial charge in [0, 0.05) is 42.7 Å². The average molecular weight is 428 g/mol. The summed E-state index contributed by atoms with van der Waals surface area (Å²) >= 11 is 0. The van der Waals surface area contributed by atoms with Crippen molar-refractivity contribution in [3.05, 3.63) is 78.0 Å². The number of anilines is 2. The smallest absolute Gasteiger partial charge is 0.258 e. The summed E-state index contributed by atoms with van der Waals surface area (Å²) in [4.78, 5) is 15.6. The van der Waals surface area contributed by atoms with Crippen LogP contribution in [0.25, 0.3) is 11.5 Å². The summed E-state index contributed by atoms with van der Waals surface area (Å²) < 4.78 is 11.3. The molecular weight excluding hydrogens is 404 g/mol. The van der Waals surface area contributed by atoms with Crippen molar-refractivity contribution in [2.75, 3.05) is 23.8 Å². The maximum absolute atomic E-state index is 5.92. The van der Waals surface area contributed by atoms with Gasteiger partial charge >= 0.3 is 0 Å². The van der Waals surface area contributed by atoms with E-state index in [1.165, 1.54) is 0 Å². The first-order valence-corrected chi connectivity index (χ1v) is 10.6. The minimum Gasteiger partial charge on any atom is -0.485 e. The number of aromatic nitrogens is 4. The summed E-state index contributed by atoms with van der Waals surface area (Å²) in [5.41, 5.74) is 2.97. The van der Waals surface area contributed by atoms with Gasteiger partial charge in [0.05, 0.1) is 6.04 Å². The van der Waals surface area contributed by atoms with Crippen LogP contribution in [-0.2, 0) is 6.61 Å². The number of aryl methyl sites for hydroxylation is 1. The fourth-order valence-electron chi connectivity index (χ4n) is 3.79. The second kappa shape index (κ2) is 8.66. The van der Waals surface area contributed by atoms with Crippen molar-refractivity contribution in [1.82, 2.24) is 20.1 Å². The predicted octanol–water partition coefficient (Wildman–Crippen LogP) is 4.41. The van der Waals surface area contributed by atoms with Gasteiger partial charge in [-0.25, -0.2) is 9.97 Å². The van der Waals surface area contributed by atoms with Gasteiger partial charge in [-0.05, 0) is 37.6 Å². The molecule has 5 rings (SSSR count). The number of rotatable bonds is 6. The molecule has 2 aromatic carbocycles. The lowest BCUT2D eigenvalue weighted by molar-refractivity contribution is 0.287. The van der Waals surface area contributed by atoms with Crippen LogP contribution in [0.3, 0.4) is 0 Å². The van der Waals surface area contributed by atoms with E-state index in [1.807, 2.05) is 67.7 Å². The fraction of sp³-hybridized carbons (Fsp3) is 0.250. The van der Waals surface area contributed by atoms with Crippen molar-refractivity contribution in [3.63, 3.8) is 0 Å². The van der Waals surface area contributed by atoms with Crippen LogP contribution in [0.4, 0.5) is 11.5 Å². The maximum Gasteiger partial charge on any atom is 0.258 e. The number of nitrogens with one attached hydrogen (secondary N) is 1. The summed E-state index contributed by atoms with van der Waals surface area (Å²) in [5, 5.41) is 7.62. The van der Waals surface area contributed by atoms with E-state index in [2.05, 4.69) is 37.4 Å². The first kappa shape index (κ1) is 20.0. The van der Waals surface area contributed by atoms with Crippen molar-refractivity contribution >= 4 is 11.5 Å². The standard InChI is InChI=1S/C24H24N6O2/c1-16-25-14-20-21(11-12-30(2)23(20)26-16)27-18-9-6-10-19(13-18)31-15-22-28-24(32-29-22)17-7-4-3-5-8-17/h3-10,13-14,21,27H,11-12,15H2,1-2H3. The van der Waals surface area contributed by atoms with Crippen LogP contribution in [-0.4, -0.2) is 33.7 Å².